The van der Waals surface area contributed by atoms with Crippen LogP contribution in [0.1, 0.15) is 30.6 Å². The standard InChI is InChI=1S/C17H24N4O2S/c1-2-24(22,23)19-11-9-17-14-20(12-15-6-4-3-5-7-15)13-16-8-10-18-21(16)17/h3-8,10,17,19H,2,9,11-14H2,1H3/t17-/m0/s1. The van der Waals surface area contributed by atoms with Gasteiger partial charge >= 0.3 is 0 Å². The maximum absolute atomic E-state index is 11.6. The van der Waals surface area contributed by atoms with E-state index in [1.807, 2.05) is 23.0 Å². The molecule has 0 radical (unpaired) electrons. The van der Waals surface area contributed by atoms with E-state index in [0.29, 0.717) is 6.54 Å². The van der Waals surface area contributed by atoms with Crippen LogP contribution in [0.5, 0.6) is 0 Å². The normalized spacial score (nSPS) is 18.5. The van der Waals surface area contributed by atoms with E-state index in [4.69, 9.17) is 0 Å². The number of benzene rings is 1. The van der Waals surface area contributed by atoms with Crippen LogP contribution < -0.4 is 4.72 Å². The van der Waals surface area contributed by atoms with Gasteiger partial charge in [0.1, 0.15) is 0 Å². The summed E-state index contributed by atoms with van der Waals surface area (Å²) < 4.78 is 27.9. The molecule has 0 saturated carbocycles. The minimum Gasteiger partial charge on any atom is -0.291 e. The van der Waals surface area contributed by atoms with Crippen molar-refractivity contribution in [3.8, 4) is 0 Å². The van der Waals surface area contributed by atoms with Gasteiger partial charge in [-0.25, -0.2) is 13.1 Å². The first kappa shape index (κ1) is 17.1. The van der Waals surface area contributed by atoms with Crippen LogP contribution in [0.25, 0.3) is 0 Å². The number of sulfonamides is 1. The Morgan fingerprint density at radius 2 is 2.04 bits per heavy atom. The van der Waals surface area contributed by atoms with E-state index in [1.165, 1.54) is 11.3 Å². The van der Waals surface area contributed by atoms with E-state index in [-0.39, 0.29) is 11.8 Å². The van der Waals surface area contributed by atoms with E-state index >= 15 is 0 Å². The Morgan fingerprint density at radius 1 is 1.25 bits per heavy atom. The van der Waals surface area contributed by atoms with Gasteiger partial charge in [-0.05, 0) is 25.0 Å². The molecule has 2 aromatic rings. The molecule has 130 valence electrons. The van der Waals surface area contributed by atoms with Gasteiger partial charge in [0.25, 0.3) is 0 Å². The highest BCUT2D eigenvalue weighted by Gasteiger charge is 2.25. The Hall–Kier alpha value is -1.70. The molecular formula is C17H24N4O2S. The highest BCUT2D eigenvalue weighted by molar-refractivity contribution is 7.89. The minimum atomic E-state index is -3.14. The summed E-state index contributed by atoms with van der Waals surface area (Å²) in [6.07, 6.45) is 2.56. The number of nitrogens with zero attached hydrogens (tertiary/aromatic N) is 3. The highest BCUT2D eigenvalue weighted by atomic mass is 32.2. The molecule has 0 bridgehead atoms. The topological polar surface area (TPSA) is 67.2 Å². The zero-order valence-corrected chi connectivity index (χ0v) is 14.7. The van der Waals surface area contributed by atoms with Crippen molar-refractivity contribution in [3.63, 3.8) is 0 Å². The van der Waals surface area contributed by atoms with E-state index < -0.39 is 10.0 Å². The molecule has 1 aliphatic heterocycles. The van der Waals surface area contributed by atoms with Crippen molar-refractivity contribution in [1.82, 2.24) is 19.4 Å². The smallest absolute Gasteiger partial charge is 0.211 e. The molecule has 0 fully saturated rings. The first-order valence-corrected chi connectivity index (χ1v) is 9.98. The van der Waals surface area contributed by atoms with Gasteiger partial charge in [-0.1, -0.05) is 30.3 Å². The maximum Gasteiger partial charge on any atom is 0.211 e. The fraction of sp³-hybridized carbons (Fsp3) is 0.471. The van der Waals surface area contributed by atoms with Gasteiger partial charge in [0.15, 0.2) is 0 Å². The monoisotopic (exact) mass is 348 g/mol. The summed E-state index contributed by atoms with van der Waals surface area (Å²) in [5.74, 6) is 0.116. The lowest BCUT2D eigenvalue weighted by Crippen LogP contribution is -2.39. The Labute approximate surface area is 143 Å². The average molecular weight is 348 g/mol. The van der Waals surface area contributed by atoms with Crippen molar-refractivity contribution >= 4 is 10.0 Å². The number of fused-ring (bicyclic) bond motifs is 1. The molecule has 1 N–H and O–H groups in total. The molecule has 1 aliphatic rings. The van der Waals surface area contributed by atoms with Crippen LogP contribution in [0.2, 0.25) is 0 Å². The number of hydrogen-bond acceptors (Lipinski definition) is 4. The van der Waals surface area contributed by atoms with Gasteiger partial charge in [0, 0.05) is 32.4 Å². The summed E-state index contributed by atoms with van der Waals surface area (Å²) in [6.45, 7) is 4.72. The number of aromatic nitrogens is 2. The van der Waals surface area contributed by atoms with Gasteiger partial charge in [0.2, 0.25) is 10.0 Å². The Bertz CT molecular complexity index is 758. The van der Waals surface area contributed by atoms with Crippen molar-refractivity contribution in [1.29, 1.82) is 0 Å². The fourth-order valence-electron chi connectivity index (χ4n) is 3.12. The zero-order chi connectivity index (χ0) is 17.0. The van der Waals surface area contributed by atoms with E-state index in [2.05, 4.69) is 39.0 Å². The lowest BCUT2D eigenvalue weighted by Gasteiger charge is -2.34. The maximum atomic E-state index is 11.6. The molecular weight excluding hydrogens is 324 g/mol. The van der Waals surface area contributed by atoms with Crippen LogP contribution in [-0.2, 0) is 23.1 Å². The van der Waals surface area contributed by atoms with Crippen molar-refractivity contribution in [2.45, 2.75) is 32.5 Å². The first-order valence-electron chi connectivity index (χ1n) is 8.33. The third kappa shape index (κ3) is 4.23. The predicted molar refractivity (Wildman–Crippen MR) is 93.9 cm³/mol. The van der Waals surface area contributed by atoms with Gasteiger partial charge < -0.3 is 0 Å². The largest absolute Gasteiger partial charge is 0.291 e. The van der Waals surface area contributed by atoms with E-state index in [1.54, 1.807) is 6.92 Å². The van der Waals surface area contributed by atoms with Crippen LogP contribution in [0.4, 0.5) is 0 Å². The summed E-state index contributed by atoms with van der Waals surface area (Å²) in [6, 6.07) is 12.6. The Balaban J connectivity index is 1.65. The van der Waals surface area contributed by atoms with Gasteiger partial charge in [-0.3, -0.25) is 9.58 Å². The summed E-state index contributed by atoms with van der Waals surface area (Å²) in [4.78, 5) is 2.39. The molecule has 6 nitrogen and oxygen atoms in total. The summed E-state index contributed by atoms with van der Waals surface area (Å²) in [7, 11) is -3.14. The second-order valence-corrected chi connectivity index (χ2v) is 8.26. The molecule has 1 aromatic carbocycles. The molecule has 2 heterocycles. The van der Waals surface area contributed by atoms with Crippen molar-refractivity contribution in [2.24, 2.45) is 0 Å². The summed E-state index contributed by atoms with van der Waals surface area (Å²) >= 11 is 0. The Kier molecular flexibility index (Phi) is 5.33. The molecule has 0 amide bonds. The third-order valence-electron chi connectivity index (χ3n) is 4.38. The lowest BCUT2D eigenvalue weighted by atomic mass is 10.1. The average Bonchev–Trinajstić information content (AvgIpc) is 3.04. The van der Waals surface area contributed by atoms with Crippen molar-refractivity contribution in [2.75, 3.05) is 18.8 Å². The fourth-order valence-corrected chi connectivity index (χ4v) is 3.76. The molecule has 7 heteroatoms. The SMILES string of the molecule is CCS(=O)(=O)NCC[C@H]1CN(Cc2ccccc2)Cc2ccnn21. The van der Waals surface area contributed by atoms with E-state index in [9.17, 15) is 8.42 Å². The quantitative estimate of drug-likeness (QED) is 0.828. The van der Waals surface area contributed by atoms with Crippen LogP contribution in [-0.4, -0.2) is 41.9 Å². The Morgan fingerprint density at radius 3 is 2.79 bits per heavy atom. The van der Waals surface area contributed by atoms with Crippen molar-refractivity contribution < 1.29 is 8.42 Å². The third-order valence-corrected chi connectivity index (χ3v) is 5.79. The van der Waals surface area contributed by atoms with Crippen LogP contribution in [0.3, 0.4) is 0 Å². The van der Waals surface area contributed by atoms with Crippen molar-refractivity contribution in [3.05, 3.63) is 53.9 Å². The first-order chi connectivity index (χ1) is 11.6. The zero-order valence-electron chi connectivity index (χ0n) is 13.9. The molecule has 0 spiro atoms. The molecule has 1 aromatic heterocycles. The van der Waals surface area contributed by atoms with E-state index in [0.717, 1.165) is 26.1 Å². The van der Waals surface area contributed by atoms with Crippen LogP contribution >= 0.6 is 0 Å². The van der Waals surface area contributed by atoms with Crippen LogP contribution in [0.15, 0.2) is 42.6 Å². The molecule has 0 saturated heterocycles. The summed E-state index contributed by atoms with van der Waals surface area (Å²) in [5, 5.41) is 4.43. The molecule has 24 heavy (non-hydrogen) atoms. The highest BCUT2D eigenvalue weighted by Crippen LogP contribution is 2.24. The molecule has 3 rings (SSSR count). The van der Waals surface area contributed by atoms with Gasteiger partial charge in [0.05, 0.1) is 17.5 Å². The minimum absolute atomic E-state index is 0.116. The number of hydrogen-bond donors (Lipinski definition) is 1. The van der Waals surface area contributed by atoms with Gasteiger partial charge in [-0.15, -0.1) is 0 Å². The molecule has 0 aliphatic carbocycles. The number of nitrogens with one attached hydrogen (secondary N) is 1. The molecule has 1 atom stereocenters. The molecule has 0 unspecified atom stereocenters. The predicted octanol–water partition coefficient (Wildman–Crippen LogP) is 1.77. The lowest BCUT2D eigenvalue weighted by molar-refractivity contribution is 0.162. The number of rotatable bonds is 7. The van der Waals surface area contributed by atoms with Gasteiger partial charge in [-0.2, -0.15) is 5.10 Å². The van der Waals surface area contributed by atoms with Crippen LogP contribution in [0, 0.1) is 0 Å². The second-order valence-electron chi connectivity index (χ2n) is 6.16. The second kappa shape index (κ2) is 7.46. The summed E-state index contributed by atoms with van der Waals surface area (Å²) in [5.41, 5.74) is 2.47.